The highest BCUT2D eigenvalue weighted by atomic mass is 19.4. The van der Waals surface area contributed by atoms with Gasteiger partial charge in [0.1, 0.15) is 5.57 Å². The van der Waals surface area contributed by atoms with Crippen LogP contribution in [0.4, 0.5) is 26.3 Å². The molecule has 0 saturated heterocycles. The van der Waals surface area contributed by atoms with Gasteiger partial charge in [-0.05, 0) is 0 Å². The summed E-state index contributed by atoms with van der Waals surface area (Å²) in [7, 11) is 0. The SMILES string of the molecule is C=C(OCOCCCOC(=O)C(=C)C(F)(F)F)C(F)(F)F. The Labute approximate surface area is 116 Å². The van der Waals surface area contributed by atoms with E-state index in [1.165, 1.54) is 0 Å². The van der Waals surface area contributed by atoms with Crippen LogP contribution < -0.4 is 0 Å². The first-order valence-electron chi connectivity index (χ1n) is 5.36. The number of carbonyl (C=O) groups is 1. The molecular formula is C11H12F6O4. The number of halogens is 6. The van der Waals surface area contributed by atoms with Crippen molar-refractivity contribution >= 4 is 5.97 Å². The zero-order valence-electron chi connectivity index (χ0n) is 10.6. The van der Waals surface area contributed by atoms with Crippen LogP contribution in [-0.2, 0) is 19.0 Å². The van der Waals surface area contributed by atoms with Crippen molar-refractivity contribution in [2.75, 3.05) is 20.0 Å². The minimum absolute atomic E-state index is 0.0290. The van der Waals surface area contributed by atoms with Crippen molar-refractivity contribution in [3.63, 3.8) is 0 Å². The largest absolute Gasteiger partial charge is 0.463 e. The number of allylic oxidation sites excluding steroid dienone is 1. The standard InChI is InChI=1S/C11H12F6O4/c1-7(10(12,13)14)9(18)20-5-3-4-19-6-21-8(2)11(15,16)17/h1-6H2. The molecule has 0 atom stereocenters. The molecule has 0 bridgehead atoms. The second-order valence-electron chi connectivity index (χ2n) is 3.56. The molecule has 4 nitrogen and oxygen atoms in total. The molecule has 0 radical (unpaired) electrons. The van der Waals surface area contributed by atoms with Gasteiger partial charge in [0.25, 0.3) is 0 Å². The van der Waals surface area contributed by atoms with Crippen LogP contribution in [0.2, 0.25) is 0 Å². The molecule has 0 spiro atoms. The lowest BCUT2D eigenvalue weighted by Gasteiger charge is -2.12. The van der Waals surface area contributed by atoms with Gasteiger partial charge in [-0.15, -0.1) is 0 Å². The summed E-state index contributed by atoms with van der Waals surface area (Å²) in [5, 5.41) is 0. The number of ether oxygens (including phenoxy) is 3. The van der Waals surface area contributed by atoms with Crippen LogP contribution in [-0.4, -0.2) is 38.3 Å². The number of alkyl halides is 6. The smallest absolute Gasteiger partial charge is 0.448 e. The van der Waals surface area contributed by atoms with E-state index in [1.54, 1.807) is 0 Å². The van der Waals surface area contributed by atoms with Crippen LogP contribution >= 0.6 is 0 Å². The molecule has 122 valence electrons. The van der Waals surface area contributed by atoms with E-state index in [-0.39, 0.29) is 13.0 Å². The first-order valence-corrected chi connectivity index (χ1v) is 5.36. The van der Waals surface area contributed by atoms with Crippen molar-refractivity contribution in [3.8, 4) is 0 Å². The molecule has 0 N–H and O–H groups in total. The number of hydrogen-bond acceptors (Lipinski definition) is 4. The summed E-state index contributed by atoms with van der Waals surface area (Å²) in [6.45, 7) is 3.82. The molecule has 0 rings (SSSR count). The fraction of sp³-hybridized carbons (Fsp3) is 0.545. The summed E-state index contributed by atoms with van der Waals surface area (Å²) in [5.74, 6) is -3.06. The highest BCUT2D eigenvalue weighted by Gasteiger charge is 2.37. The Morgan fingerprint density at radius 3 is 1.95 bits per heavy atom. The second-order valence-corrected chi connectivity index (χ2v) is 3.56. The summed E-state index contributed by atoms with van der Waals surface area (Å²) >= 11 is 0. The molecule has 0 aromatic rings. The highest BCUT2D eigenvalue weighted by Crippen LogP contribution is 2.25. The van der Waals surface area contributed by atoms with Crippen molar-refractivity contribution in [2.45, 2.75) is 18.8 Å². The molecule has 21 heavy (non-hydrogen) atoms. The lowest BCUT2D eigenvalue weighted by atomic mass is 10.3. The second kappa shape index (κ2) is 7.91. The molecule has 0 aliphatic heterocycles. The maximum absolute atomic E-state index is 12.0. The Bertz CT molecular complexity index is 385. The van der Waals surface area contributed by atoms with Crippen LogP contribution in [0.25, 0.3) is 0 Å². The molecule has 0 saturated carbocycles. The van der Waals surface area contributed by atoms with Crippen LogP contribution in [0.5, 0.6) is 0 Å². The summed E-state index contributed by atoms with van der Waals surface area (Å²) in [4.78, 5) is 10.8. The Balaban J connectivity index is 3.69. The zero-order valence-corrected chi connectivity index (χ0v) is 10.6. The van der Waals surface area contributed by atoms with Crippen LogP contribution in [0.1, 0.15) is 6.42 Å². The van der Waals surface area contributed by atoms with Gasteiger partial charge in [-0.3, -0.25) is 0 Å². The number of rotatable bonds is 8. The van der Waals surface area contributed by atoms with Crippen molar-refractivity contribution < 1.29 is 45.3 Å². The minimum atomic E-state index is -4.88. The molecule has 10 heteroatoms. The van der Waals surface area contributed by atoms with Gasteiger partial charge >= 0.3 is 18.3 Å². The lowest BCUT2D eigenvalue weighted by Crippen LogP contribution is -2.21. The molecule has 0 aromatic heterocycles. The van der Waals surface area contributed by atoms with Crippen molar-refractivity contribution in [3.05, 3.63) is 24.5 Å². The average molecular weight is 322 g/mol. The normalized spacial score (nSPS) is 11.9. The van der Waals surface area contributed by atoms with E-state index < -0.39 is 43.1 Å². The zero-order chi connectivity index (χ0) is 16.7. The topological polar surface area (TPSA) is 44.8 Å². The quantitative estimate of drug-likeness (QED) is 0.172. The van der Waals surface area contributed by atoms with Gasteiger partial charge in [0.2, 0.25) is 0 Å². The van der Waals surface area contributed by atoms with Gasteiger partial charge < -0.3 is 14.2 Å². The van der Waals surface area contributed by atoms with E-state index in [0.29, 0.717) is 0 Å². The van der Waals surface area contributed by atoms with E-state index in [2.05, 4.69) is 27.4 Å². The fourth-order valence-electron chi connectivity index (χ4n) is 0.782. The number of esters is 1. The average Bonchev–Trinajstić information content (AvgIpc) is 2.33. The summed E-state index contributed by atoms with van der Waals surface area (Å²) < 4.78 is 84.7. The maximum atomic E-state index is 12.0. The van der Waals surface area contributed by atoms with E-state index in [1.807, 2.05) is 0 Å². The van der Waals surface area contributed by atoms with E-state index in [0.717, 1.165) is 0 Å². The first-order chi connectivity index (χ1) is 9.46. The van der Waals surface area contributed by atoms with Gasteiger partial charge in [-0.25, -0.2) is 4.79 Å². The Morgan fingerprint density at radius 1 is 0.905 bits per heavy atom. The molecule has 0 unspecified atom stereocenters. The molecule has 0 amide bonds. The van der Waals surface area contributed by atoms with Gasteiger partial charge in [-0.2, -0.15) is 26.3 Å². The minimum Gasteiger partial charge on any atom is -0.463 e. The van der Waals surface area contributed by atoms with Gasteiger partial charge in [0, 0.05) is 6.42 Å². The van der Waals surface area contributed by atoms with Crippen molar-refractivity contribution in [2.24, 2.45) is 0 Å². The van der Waals surface area contributed by atoms with Gasteiger partial charge in [-0.1, -0.05) is 13.2 Å². The van der Waals surface area contributed by atoms with Crippen molar-refractivity contribution in [1.82, 2.24) is 0 Å². The summed E-state index contributed by atoms with van der Waals surface area (Å²) in [5.41, 5.74) is -1.65. The lowest BCUT2D eigenvalue weighted by molar-refractivity contribution is -0.155. The van der Waals surface area contributed by atoms with Gasteiger partial charge in [0.05, 0.1) is 13.2 Å². The fourth-order valence-corrected chi connectivity index (χ4v) is 0.782. The maximum Gasteiger partial charge on any atom is 0.448 e. The predicted molar refractivity (Wildman–Crippen MR) is 57.9 cm³/mol. The van der Waals surface area contributed by atoms with Crippen LogP contribution in [0.3, 0.4) is 0 Å². The van der Waals surface area contributed by atoms with E-state index >= 15 is 0 Å². The summed E-state index contributed by atoms with van der Waals surface area (Å²) in [6.07, 6.45) is -9.60. The van der Waals surface area contributed by atoms with Crippen molar-refractivity contribution in [1.29, 1.82) is 0 Å². The predicted octanol–water partition coefficient (Wildman–Crippen LogP) is 3.10. The molecule has 0 aromatic carbocycles. The van der Waals surface area contributed by atoms with Crippen LogP contribution in [0.15, 0.2) is 24.5 Å². The highest BCUT2D eigenvalue weighted by molar-refractivity contribution is 5.89. The molecule has 0 fully saturated rings. The Kier molecular flexibility index (Phi) is 7.27. The number of hydrogen-bond donors (Lipinski definition) is 0. The first kappa shape index (κ1) is 19.3. The molecule has 0 aliphatic carbocycles. The monoisotopic (exact) mass is 322 g/mol. The van der Waals surface area contributed by atoms with E-state index in [4.69, 9.17) is 0 Å². The Morgan fingerprint density at radius 2 is 1.48 bits per heavy atom. The summed E-state index contributed by atoms with van der Waals surface area (Å²) in [6, 6.07) is 0. The number of carbonyl (C=O) groups excluding carboxylic acids is 1. The van der Waals surface area contributed by atoms with E-state index in [9.17, 15) is 31.1 Å². The van der Waals surface area contributed by atoms with Crippen LogP contribution in [0, 0.1) is 0 Å². The molecule has 0 aliphatic rings. The third-order valence-corrected chi connectivity index (χ3v) is 1.89. The Hall–Kier alpha value is -1.71. The molecular weight excluding hydrogens is 310 g/mol. The van der Waals surface area contributed by atoms with Gasteiger partial charge in [0.15, 0.2) is 12.6 Å². The third-order valence-electron chi connectivity index (χ3n) is 1.89. The third kappa shape index (κ3) is 8.23. The molecule has 0 heterocycles.